The minimum atomic E-state index is -3.77. The van der Waals surface area contributed by atoms with Gasteiger partial charge in [-0.3, -0.25) is 0 Å². The van der Waals surface area contributed by atoms with E-state index >= 15 is 0 Å². The summed E-state index contributed by atoms with van der Waals surface area (Å²) in [5.41, 5.74) is 0.704. The number of hydrogen-bond acceptors (Lipinski definition) is 5. The number of methoxy groups -OCH3 is 1. The average Bonchev–Trinajstić information content (AvgIpc) is 2.46. The van der Waals surface area contributed by atoms with E-state index in [4.69, 9.17) is 4.74 Å². The molecule has 1 heterocycles. The second-order valence-corrected chi connectivity index (χ2v) is 5.73. The zero-order valence-corrected chi connectivity index (χ0v) is 11.6. The Morgan fingerprint density at radius 2 is 2.05 bits per heavy atom. The van der Waals surface area contributed by atoms with Gasteiger partial charge < -0.3 is 9.84 Å². The number of pyridine rings is 1. The lowest BCUT2D eigenvalue weighted by molar-refractivity contribution is 0.397. The summed E-state index contributed by atoms with van der Waals surface area (Å²) in [4.78, 5) is 3.78. The average molecular weight is 294 g/mol. The van der Waals surface area contributed by atoms with E-state index in [-0.39, 0.29) is 17.2 Å². The molecule has 2 aromatic rings. The van der Waals surface area contributed by atoms with Gasteiger partial charge in [-0.2, -0.15) is 0 Å². The predicted octanol–water partition coefficient (Wildman–Crippen LogP) is 1.27. The summed E-state index contributed by atoms with van der Waals surface area (Å²) >= 11 is 0. The van der Waals surface area contributed by atoms with Gasteiger partial charge in [-0.05, 0) is 23.8 Å². The van der Waals surface area contributed by atoms with Crippen molar-refractivity contribution in [2.24, 2.45) is 0 Å². The minimum absolute atomic E-state index is 0.0789. The van der Waals surface area contributed by atoms with Crippen LogP contribution in [0.15, 0.2) is 47.5 Å². The molecule has 0 aliphatic rings. The van der Waals surface area contributed by atoms with Crippen LogP contribution in [0.3, 0.4) is 0 Å². The highest BCUT2D eigenvalue weighted by Crippen LogP contribution is 2.21. The molecular formula is C13H14N2O4S. The molecule has 7 heteroatoms. The Labute approximate surface area is 117 Å². The van der Waals surface area contributed by atoms with E-state index in [1.54, 1.807) is 24.3 Å². The molecule has 1 aromatic heterocycles. The lowest BCUT2D eigenvalue weighted by atomic mass is 10.3. The minimum Gasteiger partial charge on any atom is -0.507 e. The van der Waals surface area contributed by atoms with Gasteiger partial charge in [-0.25, -0.2) is 18.1 Å². The molecule has 0 fully saturated rings. The number of aromatic nitrogens is 1. The lowest BCUT2D eigenvalue weighted by Crippen LogP contribution is -2.23. The van der Waals surface area contributed by atoms with Gasteiger partial charge in [0.1, 0.15) is 10.6 Å². The molecular weight excluding hydrogens is 280 g/mol. The van der Waals surface area contributed by atoms with Crippen LogP contribution in [-0.4, -0.2) is 25.6 Å². The summed E-state index contributed by atoms with van der Waals surface area (Å²) in [5, 5.41) is 9.58. The molecule has 2 rings (SSSR count). The van der Waals surface area contributed by atoms with Crippen molar-refractivity contribution in [1.82, 2.24) is 9.71 Å². The van der Waals surface area contributed by atoms with Crippen molar-refractivity contribution in [2.75, 3.05) is 7.11 Å². The maximum atomic E-state index is 12.1. The highest BCUT2D eigenvalue weighted by Gasteiger charge is 2.17. The Hall–Kier alpha value is -2.12. The standard InChI is InChI=1S/C13H14N2O4S/c1-19-13-8-10(6-7-14-13)9-15-20(17,18)12-5-3-2-4-11(12)16/h2-8,15-16H,9H2,1H3. The SMILES string of the molecule is COc1cc(CNS(=O)(=O)c2ccccc2O)ccn1. The molecule has 0 radical (unpaired) electrons. The highest BCUT2D eigenvalue weighted by atomic mass is 32.2. The van der Waals surface area contributed by atoms with E-state index in [0.717, 1.165) is 0 Å². The maximum Gasteiger partial charge on any atom is 0.244 e. The van der Waals surface area contributed by atoms with Gasteiger partial charge in [0.05, 0.1) is 7.11 Å². The monoisotopic (exact) mass is 294 g/mol. The van der Waals surface area contributed by atoms with Crippen molar-refractivity contribution in [1.29, 1.82) is 0 Å². The van der Waals surface area contributed by atoms with Crippen molar-refractivity contribution in [3.63, 3.8) is 0 Å². The number of sulfonamides is 1. The van der Waals surface area contributed by atoms with Gasteiger partial charge in [0.2, 0.25) is 15.9 Å². The Bertz CT molecular complexity index is 701. The number of ether oxygens (including phenoxy) is 1. The summed E-state index contributed by atoms with van der Waals surface area (Å²) in [6.45, 7) is 0.0789. The van der Waals surface area contributed by atoms with Crippen molar-refractivity contribution >= 4 is 10.0 Å². The molecule has 0 spiro atoms. The van der Waals surface area contributed by atoms with Crippen LogP contribution in [0.1, 0.15) is 5.56 Å². The molecule has 20 heavy (non-hydrogen) atoms. The Balaban J connectivity index is 2.15. The fourth-order valence-electron chi connectivity index (χ4n) is 1.61. The van der Waals surface area contributed by atoms with Crippen molar-refractivity contribution in [3.8, 4) is 11.6 Å². The van der Waals surface area contributed by atoms with Crippen LogP contribution in [0.25, 0.3) is 0 Å². The molecule has 0 unspecified atom stereocenters. The Morgan fingerprint density at radius 3 is 2.75 bits per heavy atom. The molecule has 0 aliphatic carbocycles. The van der Waals surface area contributed by atoms with Gasteiger partial charge in [0.25, 0.3) is 0 Å². The van der Waals surface area contributed by atoms with E-state index in [2.05, 4.69) is 9.71 Å². The van der Waals surface area contributed by atoms with Gasteiger partial charge in [-0.15, -0.1) is 0 Å². The molecule has 0 atom stereocenters. The highest BCUT2D eigenvalue weighted by molar-refractivity contribution is 7.89. The van der Waals surface area contributed by atoms with Crippen LogP contribution in [0.4, 0.5) is 0 Å². The third-order valence-corrected chi connectivity index (χ3v) is 4.08. The van der Waals surface area contributed by atoms with E-state index in [1.165, 1.54) is 25.4 Å². The lowest BCUT2D eigenvalue weighted by Gasteiger charge is -2.08. The van der Waals surface area contributed by atoms with Crippen molar-refractivity contribution in [2.45, 2.75) is 11.4 Å². The first-order valence-electron chi connectivity index (χ1n) is 5.79. The molecule has 0 saturated heterocycles. The second-order valence-electron chi connectivity index (χ2n) is 4.00. The van der Waals surface area contributed by atoms with Gasteiger partial charge in [0, 0.05) is 18.8 Å². The van der Waals surface area contributed by atoms with Gasteiger partial charge in [0.15, 0.2) is 0 Å². The molecule has 0 aliphatic heterocycles. The van der Waals surface area contributed by atoms with Crippen molar-refractivity contribution < 1.29 is 18.3 Å². The van der Waals surface area contributed by atoms with E-state index < -0.39 is 10.0 Å². The van der Waals surface area contributed by atoms with Crippen LogP contribution in [-0.2, 0) is 16.6 Å². The van der Waals surface area contributed by atoms with Gasteiger partial charge >= 0.3 is 0 Å². The molecule has 0 amide bonds. The second kappa shape index (κ2) is 5.89. The maximum absolute atomic E-state index is 12.1. The number of aromatic hydroxyl groups is 1. The van der Waals surface area contributed by atoms with Crippen LogP contribution in [0.2, 0.25) is 0 Å². The molecule has 2 N–H and O–H groups in total. The molecule has 106 valence electrons. The summed E-state index contributed by atoms with van der Waals surface area (Å²) in [6, 6.07) is 9.07. The predicted molar refractivity (Wildman–Crippen MR) is 72.9 cm³/mol. The largest absolute Gasteiger partial charge is 0.507 e. The summed E-state index contributed by atoms with van der Waals surface area (Å²) < 4.78 is 31.5. The fraction of sp³-hybridized carbons (Fsp3) is 0.154. The fourth-order valence-corrected chi connectivity index (χ4v) is 2.73. The quantitative estimate of drug-likeness (QED) is 0.867. The van der Waals surface area contributed by atoms with E-state index in [0.29, 0.717) is 11.4 Å². The van der Waals surface area contributed by atoms with Crippen molar-refractivity contribution in [3.05, 3.63) is 48.2 Å². The summed E-state index contributed by atoms with van der Waals surface area (Å²) in [6.07, 6.45) is 1.53. The van der Waals surface area contributed by atoms with Crippen LogP contribution in [0, 0.1) is 0 Å². The smallest absolute Gasteiger partial charge is 0.244 e. The molecule has 1 aromatic carbocycles. The Morgan fingerprint density at radius 1 is 1.30 bits per heavy atom. The number of rotatable bonds is 5. The number of nitrogens with one attached hydrogen (secondary N) is 1. The number of phenolic OH excluding ortho intramolecular Hbond substituents is 1. The van der Waals surface area contributed by atoms with Crippen LogP contribution >= 0.6 is 0 Å². The van der Waals surface area contributed by atoms with E-state index in [9.17, 15) is 13.5 Å². The normalized spacial score (nSPS) is 11.2. The first-order chi connectivity index (χ1) is 9.53. The zero-order chi connectivity index (χ0) is 14.6. The number of nitrogens with zero attached hydrogens (tertiary/aromatic N) is 1. The summed E-state index contributed by atoms with van der Waals surface area (Å²) in [7, 11) is -2.29. The van der Waals surface area contributed by atoms with Gasteiger partial charge in [-0.1, -0.05) is 12.1 Å². The summed E-state index contributed by atoms with van der Waals surface area (Å²) in [5.74, 6) is 0.122. The third-order valence-electron chi connectivity index (χ3n) is 2.63. The zero-order valence-electron chi connectivity index (χ0n) is 10.8. The van der Waals surface area contributed by atoms with E-state index in [1.807, 2.05) is 0 Å². The third kappa shape index (κ3) is 3.25. The molecule has 6 nitrogen and oxygen atoms in total. The topological polar surface area (TPSA) is 88.5 Å². The number of phenols is 1. The first kappa shape index (κ1) is 14.3. The number of benzene rings is 1. The molecule has 0 bridgehead atoms. The Kier molecular flexibility index (Phi) is 4.21. The van der Waals surface area contributed by atoms with Crippen LogP contribution < -0.4 is 9.46 Å². The number of hydrogen-bond donors (Lipinski definition) is 2. The number of para-hydroxylation sites is 1. The molecule has 0 saturated carbocycles. The first-order valence-corrected chi connectivity index (χ1v) is 7.28. The van der Waals surface area contributed by atoms with Crippen LogP contribution in [0.5, 0.6) is 11.6 Å².